The molecule has 0 amide bonds. The first-order valence-electron chi connectivity index (χ1n) is 7.46. The van der Waals surface area contributed by atoms with Crippen molar-refractivity contribution < 1.29 is 4.74 Å². The quantitative estimate of drug-likeness (QED) is 0.795. The summed E-state index contributed by atoms with van der Waals surface area (Å²) in [5, 5.41) is 3.51. The molecule has 20 heavy (non-hydrogen) atoms. The van der Waals surface area contributed by atoms with Gasteiger partial charge in [0.2, 0.25) is 0 Å². The number of hydrogen-bond acceptors (Lipinski definition) is 4. The van der Waals surface area contributed by atoms with Gasteiger partial charge in [-0.05, 0) is 50.8 Å². The summed E-state index contributed by atoms with van der Waals surface area (Å²) in [5.74, 6) is 2.06. The molecular weight excluding hydrogens is 250 g/mol. The average molecular weight is 279 g/mol. The van der Waals surface area contributed by atoms with Crippen LogP contribution in [0, 0.1) is 25.7 Å². The Kier molecular flexibility index (Phi) is 7.10. The largest absolute Gasteiger partial charge is 0.377 e. The predicted octanol–water partition coefficient (Wildman–Crippen LogP) is 2.66. The van der Waals surface area contributed by atoms with E-state index in [1.165, 1.54) is 5.56 Å². The first kappa shape index (κ1) is 17.1. The van der Waals surface area contributed by atoms with Gasteiger partial charge in [0.1, 0.15) is 6.61 Å². The van der Waals surface area contributed by atoms with Crippen molar-refractivity contribution in [2.45, 2.75) is 47.6 Å². The van der Waals surface area contributed by atoms with Crippen LogP contribution in [0.15, 0.2) is 0 Å². The topological polar surface area (TPSA) is 47.0 Å². The second-order valence-electron chi connectivity index (χ2n) is 6.08. The minimum Gasteiger partial charge on any atom is -0.377 e. The van der Waals surface area contributed by atoms with Crippen molar-refractivity contribution in [2.75, 3.05) is 20.2 Å². The molecule has 0 aliphatic carbocycles. The standard InChI is InChI=1S/C16H29N3O/c1-11(2)8-17-9-12(3)7-15-13(4)18-16(10-20-6)19-14(15)5/h11-12,17H,7-10H2,1-6H3. The van der Waals surface area contributed by atoms with Gasteiger partial charge in [-0.1, -0.05) is 20.8 Å². The molecule has 4 nitrogen and oxygen atoms in total. The van der Waals surface area contributed by atoms with Gasteiger partial charge in [-0.25, -0.2) is 9.97 Å². The molecule has 1 unspecified atom stereocenters. The molecular formula is C16H29N3O. The number of hydrogen-bond donors (Lipinski definition) is 1. The van der Waals surface area contributed by atoms with Crippen LogP contribution in [-0.2, 0) is 17.8 Å². The second-order valence-corrected chi connectivity index (χ2v) is 6.08. The van der Waals surface area contributed by atoms with Gasteiger partial charge in [0.05, 0.1) is 0 Å². The van der Waals surface area contributed by atoms with E-state index < -0.39 is 0 Å². The fourth-order valence-electron chi connectivity index (χ4n) is 2.34. The average Bonchev–Trinajstić information content (AvgIpc) is 2.34. The SMILES string of the molecule is COCc1nc(C)c(CC(C)CNCC(C)C)c(C)n1. The van der Waals surface area contributed by atoms with Crippen LogP contribution in [0.3, 0.4) is 0 Å². The maximum atomic E-state index is 5.10. The van der Waals surface area contributed by atoms with Crippen LogP contribution in [-0.4, -0.2) is 30.2 Å². The van der Waals surface area contributed by atoms with Crippen LogP contribution in [0.25, 0.3) is 0 Å². The number of nitrogens with zero attached hydrogens (tertiary/aromatic N) is 2. The Morgan fingerprint density at radius 3 is 2.15 bits per heavy atom. The van der Waals surface area contributed by atoms with Crippen LogP contribution in [0.4, 0.5) is 0 Å². The fraction of sp³-hybridized carbons (Fsp3) is 0.750. The Balaban J connectivity index is 2.62. The predicted molar refractivity (Wildman–Crippen MR) is 82.8 cm³/mol. The van der Waals surface area contributed by atoms with Crippen LogP contribution >= 0.6 is 0 Å². The molecule has 1 aromatic rings. The third-order valence-electron chi connectivity index (χ3n) is 3.34. The van der Waals surface area contributed by atoms with Gasteiger partial charge in [0.25, 0.3) is 0 Å². The highest BCUT2D eigenvalue weighted by molar-refractivity contribution is 5.24. The second kappa shape index (κ2) is 8.32. The summed E-state index contributed by atoms with van der Waals surface area (Å²) in [6.07, 6.45) is 1.02. The van der Waals surface area contributed by atoms with E-state index >= 15 is 0 Å². The Morgan fingerprint density at radius 2 is 1.65 bits per heavy atom. The van der Waals surface area contributed by atoms with Gasteiger partial charge in [0.15, 0.2) is 5.82 Å². The molecule has 0 fully saturated rings. The molecule has 1 heterocycles. The molecule has 0 saturated heterocycles. The van der Waals surface area contributed by atoms with Crippen molar-refractivity contribution in [3.8, 4) is 0 Å². The molecule has 1 N–H and O–H groups in total. The zero-order valence-corrected chi connectivity index (χ0v) is 13.8. The lowest BCUT2D eigenvalue weighted by Gasteiger charge is -2.17. The highest BCUT2D eigenvalue weighted by Crippen LogP contribution is 2.15. The zero-order chi connectivity index (χ0) is 15.1. The van der Waals surface area contributed by atoms with Gasteiger partial charge < -0.3 is 10.1 Å². The van der Waals surface area contributed by atoms with E-state index in [4.69, 9.17) is 4.74 Å². The summed E-state index contributed by atoms with van der Waals surface area (Å²) in [5.41, 5.74) is 3.45. The number of methoxy groups -OCH3 is 1. The number of aromatic nitrogens is 2. The first-order valence-corrected chi connectivity index (χ1v) is 7.46. The maximum absolute atomic E-state index is 5.10. The number of rotatable bonds is 8. The maximum Gasteiger partial charge on any atom is 0.154 e. The molecule has 0 aromatic carbocycles. The number of ether oxygens (including phenoxy) is 1. The van der Waals surface area contributed by atoms with Crippen molar-refractivity contribution in [3.63, 3.8) is 0 Å². The van der Waals surface area contributed by atoms with Crippen molar-refractivity contribution >= 4 is 0 Å². The summed E-state index contributed by atoms with van der Waals surface area (Å²) in [6, 6.07) is 0. The van der Waals surface area contributed by atoms with Crippen LogP contribution in [0.2, 0.25) is 0 Å². The zero-order valence-electron chi connectivity index (χ0n) is 13.8. The normalized spacial score (nSPS) is 12.9. The molecule has 0 aliphatic heterocycles. The lowest BCUT2D eigenvalue weighted by Crippen LogP contribution is -2.26. The minimum atomic E-state index is 0.480. The Bertz CT molecular complexity index is 395. The molecule has 1 atom stereocenters. The van der Waals surface area contributed by atoms with E-state index in [0.717, 1.165) is 36.7 Å². The van der Waals surface area contributed by atoms with Crippen LogP contribution < -0.4 is 5.32 Å². The summed E-state index contributed by atoms with van der Waals surface area (Å²) >= 11 is 0. The van der Waals surface area contributed by atoms with Crippen molar-refractivity contribution in [2.24, 2.45) is 11.8 Å². The highest BCUT2D eigenvalue weighted by Gasteiger charge is 2.12. The molecule has 1 aromatic heterocycles. The van der Waals surface area contributed by atoms with Gasteiger partial charge in [0, 0.05) is 18.5 Å². The lowest BCUT2D eigenvalue weighted by atomic mass is 9.98. The smallest absolute Gasteiger partial charge is 0.154 e. The third-order valence-corrected chi connectivity index (χ3v) is 3.34. The molecule has 0 aliphatic rings. The molecule has 4 heteroatoms. The monoisotopic (exact) mass is 279 g/mol. The van der Waals surface area contributed by atoms with E-state index in [1.54, 1.807) is 7.11 Å². The molecule has 114 valence electrons. The van der Waals surface area contributed by atoms with Crippen molar-refractivity contribution in [1.82, 2.24) is 15.3 Å². The Hall–Kier alpha value is -1.00. The number of nitrogens with one attached hydrogen (secondary N) is 1. The molecule has 1 rings (SSSR count). The van der Waals surface area contributed by atoms with Gasteiger partial charge in [-0.15, -0.1) is 0 Å². The van der Waals surface area contributed by atoms with Crippen LogP contribution in [0.1, 0.15) is 43.5 Å². The Morgan fingerprint density at radius 1 is 1.05 bits per heavy atom. The summed E-state index contributed by atoms with van der Waals surface area (Å²) in [4.78, 5) is 9.06. The Labute approximate surface area is 123 Å². The van der Waals surface area contributed by atoms with Crippen molar-refractivity contribution in [1.29, 1.82) is 0 Å². The third kappa shape index (κ3) is 5.55. The molecule has 0 spiro atoms. The van der Waals surface area contributed by atoms with Gasteiger partial charge >= 0.3 is 0 Å². The van der Waals surface area contributed by atoms with E-state index in [9.17, 15) is 0 Å². The molecule has 0 radical (unpaired) electrons. The number of aryl methyl sites for hydroxylation is 2. The lowest BCUT2D eigenvalue weighted by molar-refractivity contribution is 0.177. The van der Waals surface area contributed by atoms with Crippen LogP contribution in [0.5, 0.6) is 0 Å². The van der Waals surface area contributed by atoms with Gasteiger partial charge in [-0.3, -0.25) is 0 Å². The summed E-state index contributed by atoms with van der Waals surface area (Å²) in [7, 11) is 1.67. The molecule has 0 bridgehead atoms. The minimum absolute atomic E-state index is 0.480. The summed E-state index contributed by atoms with van der Waals surface area (Å²) < 4.78 is 5.10. The van der Waals surface area contributed by atoms with Gasteiger partial charge in [-0.2, -0.15) is 0 Å². The van der Waals surface area contributed by atoms with E-state index in [1.807, 2.05) is 0 Å². The van der Waals surface area contributed by atoms with E-state index in [0.29, 0.717) is 18.4 Å². The van der Waals surface area contributed by atoms with Crippen molar-refractivity contribution in [3.05, 3.63) is 22.8 Å². The summed E-state index contributed by atoms with van der Waals surface area (Å²) in [6.45, 7) is 13.5. The first-order chi connectivity index (χ1) is 9.43. The fourth-order valence-corrected chi connectivity index (χ4v) is 2.34. The van der Waals surface area contributed by atoms with E-state index in [2.05, 4.69) is 49.9 Å². The van der Waals surface area contributed by atoms with E-state index in [-0.39, 0.29) is 0 Å². The highest BCUT2D eigenvalue weighted by atomic mass is 16.5. The molecule has 0 saturated carbocycles.